The van der Waals surface area contributed by atoms with Gasteiger partial charge in [0.25, 0.3) is 0 Å². The molecule has 1 aromatic carbocycles. The van der Waals surface area contributed by atoms with Gasteiger partial charge in [0.1, 0.15) is 11.6 Å². The molecule has 0 fully saturated rings. The lowest BCUT2D eigenvalue weighted by molar-refractivity contribution is 0.602. The van der Waals surface area contributed by atoms with Crippen LogP contribution < -0.4 is 5.73 Å². The van der Waals surface area contributed by atoms with Gasteiger partial charge in [0.2, 0.25) is 0 Å². The number of nitrogens with two attached hydrogens (primary N) is 1. The van der Waals surface area contributed by atoms with Crippen molar-refractivity contribution in [3.63, 3.8) is 0 Å². The number of nitrogens with zero attached hydrogens (tertiary/aromatic N) is 2. The number of aryl methyl sites for hydroxylation is 1. The topological polar surface area (TPSA) is 43.8 Å². The molecule has 0 amide bonds. The van der Waals surface area contributed by atoms with E-state index in [4.69, 9.17) is 5.73 Å². The van der Waals surface area contributed by atoms with E-state index in [0.717, 1.165) is 23.9 Å². The largest absolute Gasteiger partial charge is 0.325 e. The average molecular weight is 223 g/mol. The monoisotopic (exact) mass is 223 g/mol. The molecule has 0 saturated heterocycles. The summed E-state index contributed by atoms with van der Waals surface area (Å²) in [4.78, 5) is 0. The first-order valence-electron chi connectivity index (χ1n) is 4.80. The second-order valence-electron chi connectivity index (χ2n) is 3.47. The van der Waals surface area contributed by atoms with Gasteiger partial charge >= 0.3 is 0 Å². The van der Waals surface area contributed by atoms with Crippen LogP contribution in [-0.2, 0) is 13.6 Å². The van der Waals surface area contributed by atoms with Crippen molar-refractivity contribution in [2.45, 2.75) is 6.54 Å². The maximum Gasteiger partial charge on any atom is 0.132 e. The van der Waals surface area contributed by atoms with Gasteiger partial charge in [0.05, 0.1) is 11.4 Å². The van der Waals surface area contributed by atoms with Crippen LogP contribution in [0, 0.1) is 11.6 Å². The van der Waals surface area contributed by atoms with Gasteiger partial charge in [0, 0.05) is 19.2 Å². The van der Waals surface area contributed by atoms with Crippen LogP contribution in [0.25, 0.3) is 11.3 Å². The first kappa shape index (κ1) is 10.8. The Hall–Kier alpha value is -1.75. The first-order valence-corrected chi connectivity index (χ1v) is 4.80. The normalized spacial score (nSPS) is 10.8. The highest BCUT2D eigenvalue weighted by Crippen LogP contribution is 2.22. The van der Waals surface area contributed by atoms with Gasteiger partial charge in [-0.3, -0.25) is 4.68 Å². The highest BCUT2D eigenvalue weighted by atomic mass is 19.1. The molecular weight excluding hydrogens is 212 g/mol. The first-order chi connectivity index (χ1) is 7.61. The number of aromatic nitrogens is 2. The van der Waals surface area contributed by atoms with Gasteiger partial charge in [-0.25, -0.2) is 8.78 Å². The summed E-state index contributed by atoms with van der Waals surface area (Å²) in [6.07, 6.45) is 0. The van der Waals surface area contributed by atoms with Crippen molar-refractivity contribution in [3.8, 4) is 11.3 Å². The Balaban J connectivity index is 2.53. The van der Waals surface area contributed by atoms with Crippen LogP contribution in [0.5, 0.6) is 0 Å². The van der Waals surface area contributed by atoms with Crippen molar-refractivity contribution in [3.05, 3.63) is 41.6 Å². The van der Waals surface area contributed by atoms with Crippen molar-refractivity contribution >= 4 is 0 Å². The average Bonchev–Trinajstić information content (AvgIpc) is 2.63. The minimum absolute atomic E-state index is 0.148. The van der Waals surface area contributed by atoms with Crippen molar-refractivity contribution in [1.29, 1.82) is 0 Å². The molecule has 0 aliphatic rings. The molecule has 2 rings (SSSR count). The molecule has 5 heteroatoms. The quantitative estimate of drug-likeness (QED) is 0.844. The Morgan fingerprint density at radius 3 is 2.69 bits per heavy atom. The fourth-order valence-electron chi connectivity index (χ4n) is 1.52. The fraction of sp³-hybridized carbons (Fsp3) is 0.182. The smallest absolute Gasteiger partial charge is 0.132 e. The van der Waals surface area contributed by atoms with Gasteiger partial charge in [-0.2, -0.15) is 5.10 Å². The summed E-state index contributed by atoms with van der Waals surface area (Å²) in [7, 11) is 1.71. The summed E-state index contributed by atoms with van der Waals surface area (Å²) in [5.74, 6) is -0.987. The predicted molar refractivity (Wildman–Crippen MR) is 56.5 cm³/mol. The molecule has 0 spiro atoms. The van der Waals surface area contributed by atoms with E-state index in [0.29, 0.717) is 12.2 Å². The van der Waals surface area contributed by atoms with E-state index in [1.54, 1.807) is 17.8 Å². The molecule has 3 nitrogen and oxygen atoms in total. The van der Waals surface area contributed by atoms with Crippen LogP contribution in [0.2, 0.25) is 0 Å². The van der Waals surface area contributed by atoms with Crippen LogP contribution in [-0.4, -0.2) is 9.78 Å². The minimum Gasteiger partial charge on any atom is -0.325 e. The summed E-state index contributed by atoms with van der Waals surface area (Å²) >= 11 is 0. The number of hydrogen-bond donors (Lipinski definition) is 1. The summed E-state index contributed by atoms with van der Waals surface area (Å²) in [5, 5.41) is 4.08. The van der Waals surface area contributed by atoms with E-state index in [9.17, 15) is 8.78 Å². The molecule has 84 valence electrons. The maximum absolute atomic E-state index is 13.5. The van der Waals surface area contributed by atoms with Crippen molar-refractivity contribution in [2.75, 3.05) is 0 Å². The lowest BCUT2D eigenvalue weighted by Crippen LogP contribution is -2.03. The van der Waals surface area contributed by atoms with Crippen LogP contribution in [0.1, 0.15) is 5.69 Å². The third-order valence-electron chi connectivity index (χ3n) is 2.39. The van der Waals surface area contributed by atoms with Crippen LogP contribution in [0.3, 0.4) is 0 Å². The number of halogens is 2. The lowest BCUT2D eigenvalue weighted by Gasteiger charge is -1.98. The highest BCUT2D eigenvalue weighted by molar-refractivity contribution is 5.60. The van der Waals surface area contributed by atoms with E-state index in [2.05, 4.69) is 5.10 Å². The number of benzene rings is 1. The SMILES string of the molecule is Cn1nc(-c2cc(F)ccc2F)cc1CN. The van der Waals surface area contributed by atoms with Crippen LogP contribution in [0.15, 0.2) is 24.3 Å². The molecule has 1 aromatic heterocycles. The van der Waals surface area contributed by atoms with E-state index < -0.39 is 11.6 Å². The van der Waals surface area contributed by atoms with Crippen molar-refractivity contribution in [1.82, 2.24) is 9.78 Å². The minimum atomic E-state index is -0.497. The molecule has 0 aliphatic carbocycles. The van der Waals surface area contributed by atoms with Gasteiger partial charge in [-0.15, -0.1) is 0 Å². The summed E-state index contributed by atoms with van der Waals surface area (Å²) in [6, 6.07) is 4.93. The van der Waals surface area contributed by atoms with Gasteiger partial charge < -0.3 is 5.73 Å². The summed E-state index contributed by atoms with van der Waals surface area (Å²) in [5.41, 5.74) is 6.78. The lowest BCUT2D eigenvalue weighted by atomic mass is 10.1. The zero-order valence-electron chi connectivity index (χ0n) is 8.74. The predicted octanol–water partition coefficient (Wildman–Crippen LogP) is 1.82. The van der Waals surface area contributed by atoms with E-state index in [-0.39, 0.29) is 5.56 Å². The second kappa shape index (κ2) is 4.02. The molecule has 0 bridgehead atoms. The number of hydrogen-bond acceptors (Lipinski definition) is 2. The third-order valence-corrected chi connectivity index (χ3v) is 2.39. The van der Waals surface area contributed by atoms with Crippen molar-refractivity contribution in [2.24, 2.45) is 12.8 Å². The van der Waals surface area contributed by atoms with E-state index >= 15 is 0 Å². The Bertz CT molecular complexity index is 520. The molecular formula is C11H11F2N3. The molecule has 0 saturated carbocycles. The standard InChI is InChI=1S/C11H11F2N3/c1-16-8(6-14)5-11(15-16)9-4-7(12)2-3-10(9)13/h2-5H,6,14H2,1H3. The van der Waals surface area contributed by atoms with E-state index in [1.807, 2.05) is 0 Å². The van der Waals surface area contributed by atoms with Crippen LogP contribution in [0.4, 0.5) is 8.78 Å². The molecule has 2 aromatic rings. The Morgan fingerprint density at radius 2 is 2.06 bits per heavy atom. The summed E-state index contributed by atoms with van der Waals surface area (Å²) in [6.45, 7) is 0.306. The van der Waals surface area contributed by atoms with Crippen molar-refractivity contribution < 1.29 is 8.78 Å². The summed E-state index contributed by atoms with van der Waals surface area (Å²) < 4.78 is 28.0. The Morgan fingerprint density at radius 1 is 1.31 bits per heavy atom. The highest BCUT2D eigenvalue weighted by Gasteiger charge is 2.11. The molecule has 16 heavy (non-hydrogen) atoms. The molecule has 0 unspecified atom stereocenters. The fourth-order valence-corrected chi connectivity index (χ4v) is 1.52. The molecule has 0 radical (unpaired) electrons. The Labute approximate surface area is 91.5 Å². The number of rotatable bonds is 2. The molecule has 0 atom stereocenters. The van der Waals surface area contributed by atoms with Gasteiger partial charge in [0.15, 0.2) is 0 Å². The van der Waals surface area contributed by atoms with Gasteiger partial charge in [-0.05, 0) is 24.3 Å². The van der Waals surface area contributed by atoms with Gasteiger partial charge in [-0.1, -0.05) is 0 Å². The zero-order valence-corrected chi connectivity index (χ0v) is 8.74. The van der Waals surface area contributed by atoms with E-state index in [1.165, 1.54) is 0 Å². The second-order valence-corrected chi connectivity index (χ2v) is 3.47. The molecule has 0 aliphatic heterocycles. The zero-order chi connectivity index (χ0) is 11.7. The molecule has 1 heterocycles. The Kier molecular flexibility index (Phi) is 2.70. The maximum atomic E-state index is 13.5. The third kappa shape index (κ3) is 1.81. The molecule has 2 N–H and O–H groups in total. The van der Waals surface area contributed by atoms with Crippen LogP contribution >= 0.6 is 0 Å².